The summed E-state index contributed by atoms with van der Waals surface area (Å²) in [6.45, 7) is 0.876. The number of nitrogens with zero attached hydrogens (tertiary/aromatic N) is 1. The van der Waals surface area contributed by atoms with Crippen molar-refractivity contribution in [2.75, 3.05) is 32.6 Å². The monoisotopic (exact) mass is 270 g/mol. The van der Waals surface area contributed by atoms with Crippen LogP contribution in [0.1, 0.15) is 11.6 Å². The summed E-state index contributed by atoms with van der Waals surface area (Å²) in [4.78, 5) is 2.24. The quantitative estimate of drug-likeness (QED) is 0.873. The van der Waals surface area contributed by atoms with Gasteiger partial charge in [-0.2, -0.15) is 0 Å². The van der Waals surface area contributed by atoms with Crippen LogP contribution in [0.15, 0.2) is 54.6 Å². The minimum atomic E-state index is 0.219. The summed E-state index contributed by atoms with van der Waals surface area (Å²) in [5.74, 6) is 0.924. The molecule has 0 aliphatic heterocycles. The van der Waals surface area contributed by atoms with Crippen LogP contribution >= 0.6 is 0 Å². The fraction of sp³-hybridized carbons (Fsp3) is 0.294. The lowest BCUT2D eigenvalue weighted by Crippen LogP contribution is -2.31. The van der Waals surface area contributed by atoms with Gasteiger partial charge in [0, 0.05) is 24.8 Å². The highest BCUT2D eigenvalue weighted by molar-refractivity contribution is 5.46. The van der Waals surface area contributed by atoms with Crippen molar-refractivity contribution in [3.63, 3.8) is 0 Å². The van der Waals surface area contributed by atoms with E-state index in [1.807, 2.05) is 31.3 Å². The van der Waals surface area contributed by atoms with Gasteiger partial charge in [-0.1, -0.05) is 36.4 Å². The Morgan fingerprint density at radius 3 is 2.35 bits per heavy atom. The van der Waals surface area contributed by atoms with E-state index in [-0.39, 0.29) is 6.04 Å². The van der Waals surface area contributed by atoms with Gasteiger partial charge in [-0.05, 0) is 25.2 Å². The fourth-order valence-corrected chi connectivity index (χ4v) is 2.36. The van der Waals surface area contributed by atoms with Crippen molar-refractivity contribution in [1.82, 2.24) is 5.32 Å². The van der Waals surface area contributed by atoms with Crippen LogP contribution in [0.5, 0.6) is 5.75 Å². The van der Waals surface area contributed by atoms with E-state index < -0.39 is 0 Å². The lowest BCUT2D eigenvalue weighted by atomic mass is 10.1. The zero-order valence-corrected chi connectivity index (χ0v) is 12.3. The van der Waals surface area contributed by atoms with Gasteiger partial charge in [0.15, 0.2) is 0 Å². The van der Waals surface area contributed by atoms with Crippen molar-refractivity contribution in [3.8, 4) is 5.75 Å². The van der Waals surface area contributed by atoms with Gasteiger partial charge in [0.1, 0.15) is 5.75 Å². The van der Waals surface area contributed by atoms with Gasteiger partial charge >= 0.3 is 0 Å². The molecule has 0 spiro atoms. The van der Waals surface area contributed by atoms with Crippen LogP contribution in [-0.2, 0) is 0 Å². The molecule has 2 rings (SSSR count). The Bertz CT molecular complexity index is 528. The Hall–Kier alpha value is -2.00. The van der Waals surface area contributed by atoms with Gasteiger partial charge in [-0.3, -0.25) is 0 Å². The Kier molecular flexibility index (Phi) is 5.02. The van der Waals surface area contributed by atoms with Crippen molar-refractivity contribution < 1.29 is 4.74 Å². The lowest BCUT2D eigenvalue weighted by molar-refractivity contribution is 0.401. The molecule has 1 N–H and O–H groups in total. The average molecular weight is 270 g/mol. The third-order valence-electron chi connectivity index (χ3n) is 3.52. The van der Waals surface area contributed by atoms with E-state index >= 15 is 0 Å². The van der Waals surface area contributed by atoms with Gasteiger partial charge in [-0.15, -0.1) is 0 Å². The first kappa shape index (κ1) is 14.4. The van der Waals surface area contributed by atoms with Gasteiger partial charge in [-0.25, -0.2) is 0 Å². The van der Waals surface area contributed by atoms with Gasteiger partial charge in [0.05, 0.1) is 13.2 Å². The Morgan fingerprint density at radius 2 is 1.70 bits per heavy atom. The van der Waals surface area contributed by atoms with E-state index in [1.165, 1.54) is 11.3 Å². The minimum Gasteiger partial charge on any atom is -0.496 e. The number of benzene rings is 2. The van der Waals surface area contributed by atoms with E-state index in [9.17, 15) is 0 Å². The Morgan fingerprint density at radius 1 is 1.05 bits per heavy atom. The SMILES string of the molecule is CNC(CN(C)c1ccccc1)c1ccccc1OC. The highest BCUT2D eigenvalue weighted by Gasteiger charge is 2.16. The molecule has 0 fully saturated rings. The lowest BCUT2D eigenvalue weighted by Gasteiger charge is -2.27. The van der Waals surface area contributed by atoms with Crippen LogP contribution in [0.25, 0.3) is 0 Å². The maximum Gasteiger partial charge on any atom is 0.123 e. The van der Waals surface area contributed by atoms with E-state index in [0.717, 1.165) is 12.3 Å². The van der Waals surface area contributed by atoms with Crippen LogP contribution in [0.4, 0.5) is 5.69 Å². The van der Waals surface area contributed by atoms with E-state index in [4.69, 9.17) is 4.74 Å². The second kappa shape index (κ2) is 6.96. The summed E-state index contributed by atoms with van der Waals surface area (Å²) in [7, 11) is 5.80. The molecule has 0 saturated carbocycles. The Labute approximate surface area is 121 Å². The summed E-state index contributed by atoms with van der Waals surface area (Å²) in [6, 6.07) is 18.8. The van der Waals surface area contributed by atoms with Crippen molar-refractivity contribution in [2.24, 2.45) is 0 Å². The number of para-hydroxylation sites is 2. The van der Waals surface area contributed by atoms with Crippen LogP contribution in [0.3, 0.4) is 0 Å². The number of ether oxygens (including phenoxy) is 1. The molecule has 2 aromatic rings. The van der Waals surface area contributed by atoms with Crippen molar-refractivity contribution in [1.29, 1.82) is 0 Å². The first-order chi connectivity index (χ1) is 9.76. The maximum absolute atomic E-state index is 5.46. The zero-order valence-electron chi connectivity index (χ0n) is 12.3. The van der Waals surface area contributed by atoms with Crippen LogP contribution in [0.2, 0.25) is 0 Å². The van der Waals surface area contributed by atoms with E-state index in [0.29, 0.717) is 0 Å². The molecule has 0 amide bonds. The third-order valence-corrected chi connectivity index (χ3v) is 3.52. The fourth-order valence-electron chi connectivity index (χ4n) is 2.36. The second-order valence-electron chi connectivity index (χ2n) is 4.80. The minimum absolute atomic E-state index is 0.219. The number of rotatable bonds is 6. The number of methoxy groups -OCH3 is 1. The summed E-state index contributed by atoms with van der Waals surface area (Å²) >= 11 is 0. The topological polar surface area (TPSA) is 24.5 Å². The molecule has 0 aliphatic carbocycles. The Balaban J connectivity index is 2.17. The molecule has 3 nitrogen and oxygen atoms in total. The maximum atomic E-state index is 5.46. The molecule has 3 heteroatoms. The molecule has 0 bridgehead atoms. The zero-order chi connectivity index (χ0) is 14.4. The molecular formula is C17H22N2O. The molecule has 0 radical (unpaired) electrons. The first-order valence-corrected chi connectivity index (χ1v) is 6.82. The number of hydrogen-bond acceptors (Lipinski definition) is 3. The largest absolute Gasteiger partial charge is 0.496 e. The highest BCUT2D eigenvalue weighted by atomic mass is 16.5. The van der Waals surface area contributed by atoms with E-state index in [2.05, 4.69) is 47.6 Å². The molecule has 0 heterocycles. The molecule has 0 aliphatic rings. The number of likely N-dealkylation sites (N-methyl/N-ethyl adjacent to an activating group) is 2. The van der Waals surface area contributed by atoms with Crippen molar-refractivity contribution >= 4 is 5.69 Å². The summed E-state index contributed by atoms with van der Waals surface area (Å²) in [6.07, 6.45) is 0. The number of hydrogen-bond donors (Lipinski definition) is 1. The molecular weight excluding hydrogens is 248 g/mol. The molecule has 0 saturated heterocycles. The van der Waals surface area contributed by atoms with Gasteiger partial charge in [0.25, 0.3) is 0 Å². The third kappa shape index (κ3) is 3.31. The second-order valence-corrected chi connectivity index (χ2v) is 4.80. The number of anilines is 1. The van der Waals surface area contributed by atoms with Crippen molar-refractivity contribution in [3.05, 3.63) is 60.2 Å². The molecule has 0 aromatic heterocycles. The van der Waals surface area contributed by atoms with Gasteiger partial charge < -0.3 is 15.0 Å². The number of nitrogens with one attached hydrogen (secondary N) is 1. The predicted molar refractivity (Wildman–Crippen MR) is 84.5 cm³/mol. The summed E-state index contributed by atoms with van der Waals surface area (Å²) in [5, 5.41) is 3.37. The highest BCUT2D eigenvalue weighted by Crippen LogP contribution is 2.26. The molecule has 106 valence electrons. The standard InChI is InChI=1S/C17H22N2O/c1-18-16(15-11-7-8-12-17(15)20-3)13-19(2)14-9-5-4-6-10-14/h4-12,16,18H,13H2,1-3H3. The van der Waals surface area contributed by atoms with Crippen molar-refractivity contribution in [2.45, 2.75) is 6.04 Å². The van der Waals surface area contributed by atoms with Crippen LogP contribution < -0.4 is 15.0 Å². The van der Waals surface area contributed by atoms with Crippen LogP contribution in [-0.4, -0.2) is 27.7 Å². The van der Waals surface area contributed by atoms with Crippen LogP contribution in [0, 0.1) is 0 Å². The summed E-state index contributed by atoms with van der Waals surface area (Å²) < 4.78 is 5.46. The molecule has 2 aromatic carbocycles. The predicted octanol–water partition coefficient (Wildman–Crippen LogP) is 3.09. The van der Waals surface area contributed by atoms with E-state index in [1.54, 1.807) is 7.11 Å². The summed E-state index contributed by atoms with van der Waals surface area (Å²) in [5.41, 5.74) is 2.39. The average Bonchev–Trinajstić information content (AvgIpc) is 2.53. The normalized spacial score (nSPS) is 11.9. The van der Waals surface area contributed by atoms with Gasteiger partial charge in [0.2, 0.25) is 0 Å². The molecule has 1 atom stereocenters. The molecule has 20 heavy (non-hydrogen) atoms. The molecule has 1 unspecified atom stereocenters. The first-order valence-electron chi connectivity index (χ1n) is 6.82. The smallest absolute Gasteiger partial charge is 0.123 e.